The molecule has 0 unspecified atom stereocenters. The third kappa shape index (κ3) is 8.65. The number of aliphatic hydroxyl groups excluding tert-OH is 1. The summed E-state index contributed by atoms with van der Waals surface area (Å²) in [6.07, 6.45) is 3.00. The molecule has 3 aromatic carbocycles. The Morgan fingerprint density at radius 2 is 1.57 bits per heavy atom. The van der Waals surface area contributed by atoms with Crippen LogP contribution in [0.5, 0.6) is 0 Å². The summed E-state index contributed by atoms with van der Waals surface area (Å²) in [7, 11) is 0. The molecule has 1 heterocycles. The summed E-state index contributed by atoms with van der Waals surface area (Å²) in [4.78, 5) is 53.9. The van der Waals surface area contributed by atoms with Crippen LogP contribution in [0.1, 0.15) is 48.8 Å². The SMILES string of the molecule is C[C@@H]1COC(=O)[C@H](NC(=O)OCC2c3ccccc3-c3ccccc32)C/C=C\C[C@@H](CC(=O)N(CCO)Cc2ccccc2)C(=O)N1. The van der Waals surface area contributed by atoms with Gasteiger partial charge in [-0.1, -0.05) is 91.0 Å². The van der Waals surface area contributed by atoms with E-state index in [2.05, 4.69) is 22.8 Å². The molecule has 0 spiro atoms. The van der Waals surface area contributed by atoms with E-state index in [1.807, 2.05) is 66.7 Å². The van der Waals surface area contributed by atoms with E-state index < -0.39 is 30.1 Å². The number of benzene rings is 3. The molecule has 3 N–H and O–H groups in total. The number of alkyl carbamates (subject to hydrolysis) is 1. The van der Waals surface area contributed by atoms with Crippen LogP contribution < -0.4 is 10.6 Å². The molecule has 2 aliphatic rings. The van der Waals surface area contributed by atoms with Gasteiger partial charge < -0.3 is 30.1 Å². The van der Waals surface area contributed by atoms with Crippen molar-refractivity contribution in [1.29, 1.82) is 0 Å². The van der Waals surface area contributed by atoms with Crippen molar-refractivity contribution in [2.45, 2.75) is 50.7 Å². The zero-order chi connectivity index (χ0) is 33.2. The van der Waals surface area contributed by atoms with E-state index in [0.717, 1.165) is 27.8 Å². The number of fused-ring (bicyclic) bond motifs is 3. The molecule has 0 bridgehead atoms. The lowest BCUT2D eigenvalue weighted by molar-refractivity contribution is -0.147. The molecule has 246 valence electrons. The van der Waals surface area contributed by atoms with Crippen molar-refractivity contribution in [1.82, 2.24) is 15.5 Å². The minimum Gasteiger partial charge on any atom is -0.462 e. The summed E-state index contributed by atoms with van der Waals surface area (Å²) in [5, 5.41) is 15.1. The second-order valence-electron chi connectivity index (χ2n) is 11.9. The fourth-order valence-corrected chi connectivity index (χ4v) is 6.04. The summed E-state index contributed by atoms with van der Waals surface area (Å²) in [5.74, 6) is -2.03. The minimum absolute atomic E-state index is 0.0586. The molecule has 0 radical (unpaired) electrons. The Morgan fingerprint density at radius 3 is 2.26 bits per heavy atom. The van der Waals surface area contributed by atoms with Gasteiger partial charge in [-0.15, -0.1) is 0 Å². The molecule has 0 aromatic heterocycles. The monoisotopic (exact) mass is 639 g/mol. The summed E-state index contributed by atoms with van der Waals surface area (Å²) < 4.78 is 11.1. The molecular weight excluding hydrogens is 598 g/mol. The van der Waals surface area contributed by atoms with E-state index in [0.29, 0.717) is 6.54 Å². The lowest BCUT2D eigenvalue weighted by Gasteiger charge is -2.25. The summed E-state index contributed by atoms with van der Waals surface area (Å²) in [5.41, 5.74) is 5.31. The van der Waals surface area contributed by atoms with Crippen molar-refractivity contribution >= 4 is 23.9 Å². The molecule has 1 aliphatic carbocycles. The summed E-state index contributed by atoms with van der Waals surface area (Å²) in [6, 6.07) is 24.0. The zero-order valence-corrected chi connectivity index (χ0v) is 26.5. The molecule has 0 saturated heterocycles. The minimum atomic E-state index is -1.00. The van der Waals surface area contributed by atoms with E-state index in [4.69, 9.17) is 9.47 Å². The first-order valence-electron chi connectivity index (χ1n) is 16.0. The lowest BCUT2D eigenvalue weighted by atomic mass is 9.97. The highest BCUT2D eigenvalue weighted by atomic mass is 16.6. The number of esters is 1. The predicted molar refractivity (Wildman–Crippen MR) is 176 cm³/mol. The van der Waals surface area contributed by atoms with Crippen molar-refractivity contribution in [2.24, 2.45) is 5.92 Å². The largest absolute Gasteiger partial charge is 0.462 e. The fourth-order valence-electron chi connectivity index (χ4n) is 6.04. The predicted octanol–water partition coefficient (Wildman–Crippen LogP) is 4.32. The highest BCUT2D eigenvalue weighted by molar-refractivity contribution is 5.86. The van der Waals surface area contributed by atoms with Gasteiger partial charge in [-0.2, -0.15) is 0 Å². The number of cyclic esters (lactones) is 1. The van der Waals surface area contributed by atoms with Crippen LogP contribution >= 0.6 is 0 Å². The van der Waals surface area contributed by atoms with Crippen LogP contribution in [-0.4, -0.2) is 72.3 Å². The normalized spacial score (nSPS) is 20.3. The Balaban J connectivity index is 1.21. The second kappa shape index (κ2) is 16.0. The number of amides is 3. The molecule has 0 fully saturated rings. The topological polar surface area (TPSA) is 134 Å². The fraction of sp³-hybridized carbons (Fsp3) is 0.351. The number of hydrogen-bond acceptors (Lipinski definition) is 7. The molecule has 3 amide bonds. The van der Waals surface area contributed by atoms with Crippen molar-refractivity contribution < 1.29 is 33.8 Å². The number of rotatable bonds is 9. The van der Waals surface area contributed by atoms with Gasteiger partial charge in [0.1, 0.15) is 19.3 Å². The number of carbonyl (C=O) groups excluding carboxylic acids is 4. The average molecular weight is 640 g/mol. The van der Waals surface area contributed by atoms with Crippen molar-refractivity contribution in [3.8, 4) is 11.1 Å². The van der Waals surface area contributed by atoms with E-state index >= 15 is 0 Å². The highest BCUT2D eigenvalue weighted by Crippen LogP contribution is 2.44. The van der Waals surface area contributed by atoms with Crippen LogP contribution in [0.3, 0.4) is 0 Å². The molecule has 1 aliphatic heterocycles. The number of aliphatic hydroxyl groups is 1. The summed E-state index contributed by atoms with van der Waals surface area (Å²) in [6.45, 7) is 1.96. The molecule has 10 heteroatoms. The van der Waals surface area contributed by atoms with Crippen LogP contribution in [-0.2, 0) is 30.4 Å². The highest BCUT2D eigenvalue weighted by Gasteiger charge is 2.31. The number of ether oxygens (including phenoxy) is 2. The van der Waals surface area contributed by atoms with Gasteiger partial charge >= 0.3 is 12.1 Å². The van der Waals surface area contributed by atoms with Gasteiger partial charge in [0.2, 0.25) is 11.8 Å². The number of hydrogen-bond donors (Lipinski definition) is 3. The molecule has 5 rings (SSSR count). The molecule has 0 saturated carbocycles. The van der Waals surface area contributed by atoms with Gasteiger partial charge in [0, 0.05) is 25.4 Å². The van der Waals surface area contributed by atoms with E-state index in [-0.39, 0.29) is 63.4 Å². The van der Waals surface area contributed by atoms with Gasteiger partial charge in [0.05, 0.1) is 18.6 Å². The summed E-state index contributed by atoms with van der Waals surface area (Å²) >= 11 is 0. The Morgan fingerprint density at radius 1 is 0.936 bits per heavy atom. The molecule has 3 atom stereocenters. The van der Waals surface area contributed by atoms with Crippen molar-refractivity contribution in [2.75, 3.05) is 26.4 Å². The van der Waals surface area contributed by atoms with E-state index in [1.54, 1.807) is 24.0 Å². The van der Waals surface area contributed by atoms with Crippen molar-refractivity contribution in [3.63, 3.8) is 0 Å². The number of carbonyl (C=O) groups is 4. The third-order valence-corrected chi connectivity index (χ3v) is 8.47. The Labute approximate surface area is 274 Å². The van der Waals surface area contributed by atoms with Gasteiger partial charge in [0.15, 0.2) is 0 Å². The Bertz CT molecular complexity index is 1550. The van der Waals surface area contributed by atoms with Gasteiger partial charge in [-0.3, -0.25) is 9.59 Å². The quantitative estimate of drug-likeness (QED) is 0.235. The van der Waals surface area contributed by atoms with Gasteiger partial charge in [-0.05, 0) is 47.6 Å². The standard InChI is InChI=1S/C37H41N3O7/c1-25-23-46-36(44)33(39-37(45)47-24-32-30-16-8-6-14-28(30)29-15-7-9-17-31(29)32)18-10-5-13-27(35(43)38-25)21-34(42)40(19-20-41)22-26-11-3-2-4-12-26/h2-12,14-17,25,27,32-33,41H,13,18-24H2,1H3,(H,38,43)(H,39,45)/b10-5-/t25-,27+,33-/m1/s1. The van der Waals surface area contributed by atoms with Crippen LogP contribution in [0.2, 0.25) is 0 Å². The van der Waals surface area contributed by atoms with Crippen molar-refractivity contribution in [3.05, 3.63) is 108 Å². The van der Waals surface area contributed by atoms with Gasteiger partial charge in [0.25, 0.3) is 0 Å². The van der Waals surface area contributed by atoms with Crippen LogP contribution in [0, 0.1) is 5.92 Å². The maximum atomic E-state index is 13.3. The smallest absolute Gasteiger partial charge is 0.407 e. The average Bonchev–Trinajstić information content (AvgIpc) is 3.40. The third-order valence-electron chi connectivity index (χ3n) is 8.47. The molecule has 10 nitrogen and oxygen atoms in total. The zero-order valence-electron chi connectivity index (χ0n) is 26.5. The maximum Gasteiger partial charge on any atom is 0.407 e. The van der Waals surface area contributed by atoms with E-state index in [1.165, 1.54) is 0 Å². The Kier molecular flexibility index (Phi) is 11.4. The first-order valence-corrected chi connectivity index (χ1v) is 16.0. The molecular formula is C37H41N3O7. The lowest BCUT2D eigenvalue weighted by Crippen LogP contribution is -2.45. The molecule has 3 aromatic rings. The number of allylic oxidation sites excluding steroid dienone is 1. The van der Waals surface area contributed by atoms with Crippen LogP contribution in [0.15, 0.2) is 91.0 Å². The van der Waals surface area contributed by atoms with Crippen LogP contribution in [0.25, 0.3) is 11.1 Å². The van der Waals surface area contributed by atoms with E-state index in [9.17, 15) is 24.3 Å². The first kappa shape index (κ1) is 33.4. The Hall–Kier alpha value is -4.96. The molecule has 47 heavy (non-hydrogen) atoms. The maximum absolute atomic E-state index is 13.3. The first-order chi connectivity index (χ1) is 22.8. The number of nitrogens with zero attached hydrogens (tertiary/aromatic N) is 1. The van der Waals surface area contributed by atoms with Crippen LogP contribution in [0.4, 0.5) is 4.79 Å². The number of nitrogens with one attached hydrogen (secondary N) is 2. The second-order valence-corrected chi connectivity index (χ2v) is 11.9. The van der Waals surface area contributed by atoms with Gasteiger partial charge in [-0.25, -0.2) is 9.59 Å².